The first kappa shape index (κ1) is 24.5. The van der Waals surface area contributed by atoms with Crippen LogP contribution in [0.2, 0.25) is 0 Å². The van der Waals surface area contributed by atoms with Crippen LogP contribution < -0.4 is 0 Å². The van der Waals surface area contributed by atoms with Crippen molar-refractivity contribution in [2.45, 2.75) is 19.6 Å². The molecule has 0 N–H and O–H groups in total. The maximum atomic E-state index is 13.8. The molecule has 4 aromatic rings. The van der Waals surface area contributed by atoms with E-state index in [1.165, 1.54) is 24.7 Å². The molecule has 0 saturated carbocycles. The molecule has 1 aliphatic rings. The molecule has 10 heteroatoms. The Kier molecular flexibility index (Phi) is 6.41. The van der Waals surface area contributed by atoms with Gasteiger partial charge in [0, 0.05) is 38.9 Å². The molecule has 0 radical (unpaired) electrons. The van der Waals surface area contributed by atoms with Crippen molar-refractivity contribution in [1.82, 2.24) is 14.4 Å². The minimum absolute atomic E-state index is 0.206. The standard InChI is InChI=1S/C27H24F3N3O4/c1-18-16-33(17-19-6-8-20(9-7-19)27(28,29)30)24(23(18)21-4-2-14-36-21)26(35)32-12-10-31(11-13-32)25(34)22-5-3-15-37-22/h2-9,14-16H,10-13,17H2,1H3. The number of halogens is 3. The quantitative estimate of drug-likeness (QED) is 0.364. The lowest BCUT2D eigenvalue weighted by atomic mass is 10.1. The van der Waals surface area contributed by atoms with Crippen LogP contribution in [0.1, 0.15) is 37.7 Å². The van der Waals surface area contributed by atoms with Crippen molar-refractivity contribution < 1.29 is 31.6 Å². The molecule has 0 unspecified atom stereocenters. The molecule has 2 amide bonds. The summed E-state index contributed by atoms with van der Waals surface area (Å²) in [4.78, 5) is 29.7. The van der Waals surface area contributed by atoms with E-state index in [-0.39, 0.29) is 24.1 Å². The van der Waals surface area contributed by atoms with Gasteiger partial charge < -0.3 is 23.2 Å². The summed E-state index contributed by atoms with van der Waals surface area (Å²) in [5.41, 5.74) is 1.72. The van der Waals surface area contributed by atoms with Gasteiger partial charge in [-0.25, -0.2) is 0 Å². The summed E-state index contributed by atoms with van der Waals surface area (Å²) >= 11 is 0. The fourth-order valence-electron chi connectivity index (χ4n) is 4.59. The highest BCUT2D eigenvalue weighted by molar-refractivity contribution is 6.00. The van der Waals surface area contributed by atoms with Crippen molar-refractivity contribution in [3.05, 3.63) is 95.4 Å². The van der Waals surface area contributed by atoms with Crippen LogP contribution in [-0.2, 0) is 12.7 Å². The molecule has 3 aromatic heterocycles. The highest BCUT2D eigenvalue weighted by atomic mass is 19.4. The van der Waals surface area contributed by atoms with Crippen LogP contribution in [0.25, 0.3) is 11.3 Å². The number of amides is 2. The van der Waals surface area contributed by atoms with E-state index in [0.29, 0.717) is 48.8 Å². The number of carbonyl (C=O) groups is 2. The lowest BCUT2D eigenvalue weighted by Crippen LogP contribution is -2.51. The zero-order valence-corrected chi connectivity index (χ0v) is 20.0. The second kappa shape index (κ2) is 9.68. The normalized spacial score (nSPS) is 14.3. The summed E-state index contributed by atoms with van der Waals surface area (Å²) in [6.45, 7) is 3.41. The van der Waals surface area contributed by atoms with Crippen molar-refractivity contribution >= 4 is 11.8 Å². The number of alkyl halides is 3. The third kappa shape index (κ3) is 4.91. The fraction of sp³-hybridized carbons (Fsp3) is 0.259. The van der Waals surface area contributed by atoms with Crippen LogP contribution in [0.4, 0.5) is 13.2 Å². The molecule has 1 aromatic carbocycles. The zero-order chi connectivity index (χ0) is 26.2. The summed E-state index contributed by atoms with van der Waals surface area (Å²) in [5.74, 6) is 0.311. The molecule has 5 rings (SSSR count). The predicted octanol–water partition coefficient (Wildman–Crippen LogP) is 5.31. The van der Waals surface area contributed by atoms with Gasteiger partial charge in [-0.2, -0.15) is 13.2 Å². The minimum Gasteiger partial charge on any atom is -0.464 e. The van der Waals surface area contributed by atoms with Gasteiger partial charge >= 0.3 is 6.18 Å². The Labute approximate surface area is 210 Å². The summed E-state index contributed by atoms with van der Waals surface area (Å²) < 4.78 is 51.6. The van der Waals surface area contributed by atoms with Crippen molar-refractivity contribution in [3.8, 4) is 11.3 Å². The molecule has 192 valence electrons. The Hall–Kier alpha value is -4.21. The van der Waals surface area contributed by atoms with Crippen LogP contribution in [0.15, 0.2) is 76.1 Å². The van der Waals surface area contributed by atoms with E-state index >= 15 is 0 Å². The predicted molar refractivity (Wildman–Crippen MR) is 128 cm³/mol. The molecule has 1 saturated heterocycles. The number of hydrogen-bond acceptors (Lipinski definition) is 4. The van der Waals surface area contributed by atoms with E-state index in [9.17, 15) is 22.8 Å². The van der Waals surface area contributed by atoms with Gasteiger partial charge in [0.15, 0.2) is 5.76 Å². The van der Waals surface area contributed by atoms with Crippen molar-refractivity contribution in [2.24, 2.45) is 0 Å². The third-order valence-electron chi connectivity index (χ3n) is 6.46. The summed E-state index contributed by atoms with van der Waals surface area (Å²) in [5, 5.41) is 0. The van der Waals surface area contributed by atoms with E-state index in [0.717, 1.165) is 17.7 Å². The van der Waals surface area contributed by atoms with Crippen LogP contribution >= 0.6 is 0 Å². The molecular weight excluding hydrogens is 487 g/mol. The number of benzene rings is 1. The van der Waals surface area contributed by atoms with E-state index in [1.807, 2.05) is 6.92 Å². The maximum absolute atomic E-state index is 13.8. The van der Waals surface area contributed by atoms with Crippen LogP contribution in [0, 0.1) is 6.92 Å². The van der Waals surface area contributed by atoms with E-state index in [2.05, 4.69) is 0 Å². The molecule has 0 atom stereocenters. The number of aromatic nitrogens is 1. The third-order valence-corrected chi connectivity index (χ3v) is 6.46. The smallest absolute Gasteiger partial charge is 0.416 e. The Bertz CT molecular complexity index is 1380. The maximum Gasteiger partial charge on any atom is 0.416 e. The zero-order valence-electron chi connectivity index (χ0n) is 20.0. The first-order chi connectivity index (χ1) is 17.7. The molecule has 1 aliphatic heterocycles. The SMILES string of the molecule is Cc1cn(Cc2ccc(C(F)(F)F)cc2)c(C(=O)N2CCN(C(=O)c3ccco3)CC2)c1-c1ccco1. The number of hydrogen-bond donors (Lipinski definition) is 0. The van der Waals surface area contributed by atoms with E-state index in [4.69, 9.17) is 8.83 Å². The number of carbonyl (C=O) groups excluding carboxylic acids is 2. The summed E-state index contributed by atoms with van der Waals surface area (Å²) in [7, 11) is 0. The summed E-state index contributed by atoms with van der Waals surface area (Å²) in [6, 6.07) is 11.7. The molecule has 37 heavy (non-hydrogen) atoms. The van der Waals surface area contributed by atoms with Crippen molar-refractivity contribution in [2.75, 3.05) is 26.2 Å². The molecule has 0 bridgehead atoms. The molecule has 0 aliphatic carbocycles. The first-order valence-corrected chi connectivity index (χ1v) is 11.7. The summed E-state index contributed by atoms with van der Waals surface area (Å²) in [6.07, 6.45) is 0.349. The van der Waals surface area contributed by atoms with Gasteiger partial charge in [0.25, 0.3) is 11.8 Å². The largest absolute Gasteiger partial charge is 0.464 e. The lowest BCUT2D eigenvalue weighted by molar-refractivity contribution is -0.137. The highest BCUT2D eigenvalue weighted by Crippen LogP contribution is 2.33. The van der Waals surface area contributed by atoms with E-state index in [1.54, 1.807) is 44.8 Å². The van der Waals surface area contributed by atoms with Gasteiger partial charge in [-0.3, -0.25) is 9.59 Å². The Morgan fingerprint density at radius 1 is 0.865 bits per heavy atom. The topological polar surface area (TPSA) is 71.8 Å². The molecule has 0 spiro atoms. The monoisotopic (exact) mass is 511 g/mol. The first-order valence-electron chi connectivity index (χ1n) is 11.7. The van der Waals surface area contributed by atoms with Gasteiger partial charge in [-0.15, -0.1) is 0 Å². The second-order valence-corrected chi connectivity index (χ2v) is 8.90. The number of piperazine rings is 1. The average Bonchev–Trinajstić information content (AvgIpc) is 3.65. The fourth-order valence-corrected chi connectivity index (χ4v) is 4.59. The molecular formula is C27H24F3N3O4. The molecule has 1 fully saturated rings. The Morgan fingerprint density at radius 3 is 2.05 bits per heavy atom. The van der Waals surface area contributed by atoms with Crippen LogP contribution in [-0.4, -0.2) is 52.4 Å². The number of rotatable bonds is 5. The van der Waals surface area contributed by atoms with Gasteiger partial charge in [-0.05, 0) is 54.4 Å². The van der Waals surface area contributed by atoms with Crippen LogP contribution in [0.3, 0.4) is 0 Å². The average molecular weight is 512 g/mol. The van der Waals surface area contributed by atoms with Crippen LogP contribution in [0.5, 0.6) is 0 Å². The van der Waals surface area contributed by atoms with Gasteiger partial charge in [0.1, 0.15) is 11.5 Å². The van der Waals surface area contributed by atoms with E-state index < -0.39 is 11.7 Å². The highest BCUT2D eigenvalue weighted by Gasteiger charge is 2.32. The Morgan fingerprint density at radius 2 is 1.49 bits per heavy atom. The van der Waals surface area contributed by atoms with Gasteiger partial charge in [0.2, 0.25) is 0 Å². The number of furan rings is 2. The molecule has 7 nitrogen and oxygen atoms in total. The molecule has 4 heterocycles. The number of nitrogens with zero attached hydrogens (tertiary/aromatic N) is 3. The lowest BCUT2D eigenvalue weighted by Gasteiger charge is -2.34. The van der Waals surface area contributed by atoms with Gasteiger partial charge in [0.05, 0.1) is 23.7 Å². The minimum atomic E-state index is -4.42. The second-order valence-electron chi connectivity index (χ2n) is 8.90. The van der Waals surface area contributed by atoms with Gasteiger partial charge in [-0.1, -0.05) is 12.1 Å². The van der Waals surface area contributed by atoms with Crippen molar-refractivity contribution in [3.63, 3.8) is 0 Å². The van der Waals surface area contributed by atoms with Crippen molar-refractivity contribution in [1.29, 1.82) is 0 Å². The number of aryl methyl sites for hydroxylation is 1. The Balaban J connectivity index is 1.41.